The van der Waals surface area contributed by atoms with Gasteiger partial charge in [0.2, 0.25) is 5.91 Å². The molecule has 3 N–H and O–H groups in total. The van der Waals surface area contributed by atoms with E-state index in [1.54, 1.807) is 4.90 Å². The summed E-state index contributed by atoms with van der Waals surface area (Å²) in [6.45, 7) is 4.34. The van der Waals surface area contributed by atoms with Gasteiger partial charge in [0, 0.05) is 38.6 Å². The van der Waals surface area contributed by atoms with E-state index in [0.717, 1.165) is 0 Å². The van der Waals surface area contributed by atoms with Gasteiger partial charge in [0.15, 0.2) is 0 Å². The van der Waals surface area contributed by atoms with Crippen molar-refractivity contribution in [1.29, 1.82) is 0 Å². The average Bonchev–Trinajstić information content (AvgIpc) is 2.59. The first-order chi connectivity index (χ1) is 7.58. The van der Waals surface area contributed by atoms with Gasteiger partial charge in [-0.25, -0.2) is 4.79 Å². The zero-order valence-corrected chi connectivity index (χ0v) is 9.48. The number of urea groups is 1. The molecule has 6 heteroatoms. The Labute approximate surface area is 94.7 Å². The van der Waals surface area contributed by atoms with Crippen molar-refractivity contribution in [3.05, 3.63) is 0 Å². The van der Waals surface area contributed by atoms with E-state index in [1.807, 2.05) is 11.8 Å². The summed E-state index contributed by atoms with van der Waals surface area (Å²) < 4.78 is 0. The van der Waals surface area contributed by atoms with E-state index in [2.05, 4.69) is 5.32 Å². The van der Waals surface area contributed by atoms with Crippen LogP contribution in [0.3, 0.4) is 0 Å². The second kappa shape index (κ2) is 4.29. The monoisotopic (exact) mass is 226 g/mol. The summed E-state index contributed by atoms with van der Waals surface area (Å²) in [5, 5.41) is 2.79. The molecule has 0 bridgehead atoms. The van der Waals surface area contributed by atoms with Crippen molar-refractivity contribution in [3.8, 4) is 0 Å². The number of hydrogen-bond acceptors (Lipinski definition) is 3. The topological polar surface area (TPSA) is 78.7 Å². The molecule has 0 aromatic rings. The van der Waals surface area contributed by atoms with E-state index in [4.69, 9.17) is 5.73 Å². The Morgan fingerprint density at radius 3 is 3.06 bits per heavy atom. The predicted octanol–water partition coefficient (Wildman–Crippen LogP) is -1.04. The van der Waals surface area contributed by atoms with Crippen molar-refractivity contribution in [2.45, 2.75) is 25.4 Å². The molecule has 0 aliphatic carbocycles. The molecule has 2 aliphatic rings. The van der Waals surface area contributed by atoms with E-state index in [9.17, 15) is 9.59 Å². The number of nitrogens with zero attached hydrogens (tertiary/aromatic N) is 2. The number of carbonyl (C=O) groups excluding carboxylic acids is 2. The van der Waals surface area contributed by atoms with Crippen LogP contribution >= 0.6 is 0 Å². The minimum atomic E-state index is -0.103. The van der Waals surface area contributed by atoms with Crippen molar-refractivity contribution >= 4 is 11.9 Å². The molecule has 0 saturated carbocycles. The van der Waals surface area contributed by atoms with Gasteiger partial charge in [-0.05, 0) is 6.92 Å². The van der Waals surface area contributed by atoms with E-state index in [1.165, 1.54) is 0 Å². The highest BCUT2D eigenvalue weighted by molar-refractivity contribution is 5.79. The zero-order chi connectivity index (χ0) is 11.7. The first-order valence-corrected chi connectivity index (χ1v) is 5.65. The zero-order valence-electron chi connectivity index (χ0n) is 9.48. The second-order valence-corrected chi connectivity index (χ2v) is 4.55. The molecule has 6 nitrogen and oxygen atoms in total. The molecule has 90 valence electrons. The minimum absolute atomic E-state index is 0.00991. The lowest BCUT2D eigenvalue weighted by atomic mass is 10.1. The summed E-state index contributed by atoms with van der Waals surface area (Å²) in [7, 11) is 0. The molecule has 2 atom stereocenters. The van der Waals surface area contributed by atoms with Crippen LogP contribution in [0.4, 0.5) is 4.79 Å². The molecular weight excluding hydrogens is 208 g/mol. The minimum Gasteiger partial charge on any atom is -0.339 e. The Morgan fingerprint density at radius 2 is 2.38 bits per heavy atom. The Bertz CT molecular complexity index is 305. The van der Waals surface area contributed by atoms with Crippen molar-refractivity contribution < 1.29 is 9.59 Å². The van der Waals surface area contributed by atoms with Crippen LogP contribution in [-0.4, -0.2) is 60.0 Å². The van der Waals surface area contributed by atoms with Crippen molar-refractivity contribution in [2.24, 2.45) is 5.73 Å². The number of piperazine rings is 1. The van der Waals surface area contributed by atoms with Crippen molar-refractivity contribution in [3.63, 3.8) is 0 Å². The van der Waals surface area contributed by atoms with Gasteiger partial charge in [-0.3, -0.25) is 4.79 Å². The lowest BCUT2D eigenvalue weighted by Crippen LogP contribution is -2.54. The van der Waals surface area contributed by atoms with Gasteiger partial charge in [0.25, 0.3) is 0 Å². The van der Waals surface area contributed by atoms with E-state index in [0.29, 0.717) is 32.6 Å². The summed E-state index contributed by atoms with van der Waals surface area (Å²) in [6.07, 6.45) is 0.383. The first-order valence-electron chi connectivity index (χ1n) is 5.65. The third-order valence-electron chi connectivity index (χ3n) is 3.08. The van der Waals surface area contributed by atoms with E-state index < -0.39 is 0 Å². The molecule has 0 aromatic heterocycles. The lowest BCUT2D eigenvalue weighted by molar-refractivity contribution is -0.133. The Hall–Kier alpha value is -1.30. The summed E-state index contributed by atoms with van der Waals surface area (Å²) in [5.74, 6) is 0.0917. The van der Waals surface area contributed by atoms with Crippen LogP contribution in [0, 0.1) is 0 Å². The molecule has 2 rings (SSSR count). The van der Waals surface area contributed by atoms with Crippen LogP contribution in [0.25, 0.3) is 0 Å². The maximum absolute atomic E-state index is 11.8. The molecule has 2 unspecified atom stereocenters. The van der Waals surface area contributed by atoms with Gasteiger partial charge in [-0.2, -0.15) is 0 Å². The average molecular weight is 226 g/mol. The van der Waals surface area contributed by atoms with Crippen molar-refractivity contribution in [2.75, 3.05) is 26.2 Å². The number of hydrogen-bond donors (Lipinski definition) is 2. The van der Waals surface area contributed by atoms with Gasteiger partial charge in [0.1, 0.15) is 0 Å². The molecule has 0 aromatic carbocycles. The number of nitrogens with two attached hydrogens (primary N) is 1. The SMILES string of the molecule is CC(N)CC(=O)N1CCN2C(=O)NCC2C1. The third kappa shape index (κ3) is 2.11. The van der Waals surface area contributed by atoms with Crippen LogP contribution in [-0.2, 0) is 4.79 Å². The summed E-state index contributed by atoms with van der Waals surface area (Å²) in [6, 6.07) is 0.0245. The standard InChI is InChI=1S/C10H18N4O2/c1-7(11)4-9(15)13-2-3-14-8(6-13)5-12-10(14)16/h7-8H,2-6,11H2,1H3,(H,12,16). The molecule has 0 radical (unpaired) electrons. The highest BCUT2D eigenvalue weighted by Crippen LogP contribution is 2.14. The van der Waals surface area contributed by atoms with Crippen LogP contribution in [0.15, 0.2) is 0 Å². The maximum Gasteiger partial charge on any atom is 0.317 e. The van der Waals surface area contributed by atoms with Crippen LogP contribution in [0.1, 0.15) is 13.3 Å². The predicted molar refractivity (Wildman–Crippen MR) is 58.7 cm³/mol. The van der Waals surface area contributed by atoms with Gasteiger partial charge in [0.05, 0.1) is 6.04 Å². The van der Waals surface area contributed by atoms with Crippen LogP contribution in [0.5, 0.6) is 0 Å². The number of nitrogens with one attached hydrogen (secondary N) is 1. The Kier molecular flexibility index (Phi) is 3.00. The molecule has 3 amide bonds. The highest BCUT2D eigenvalue weighted by Gasteiger charge is 2.36. The van der Waals surface area contributed by atoms with Gasteiger partial charge >= 0.3 is 6.03 Å². The fourth-order valence-electron chi connectivity index (χ4n) is 2.24. The van der Waals surface area contributed by atoms with Gasteiger partial charge in [-0.1, -0.05) is 0 Å². The van der Waals surface area contributed by atoms with Crippen LogP contribution in [0.2, 0.25) is 0 Å². The maximum atomic E-state index is 11.8. The van der Waals surface area contributed by atoms with E-state index in [-0.39, 0.29) is 24.0 Å². The summed E-state index contributed by atoms with van der Waals surface area (Å²) in [4.78, 5) is 26.8. The third-order valence-corrected chi connectivity index (χ3v) is 3.08. The second-order valence-electron chi connectivity index (χ2n) is 4.55. The number of rotatable bonds is 2. The lowest BCUT2D eigenvalue weighted by Gasteiger charge is -2.36. The normalized spacial score (nSPS) is 26.4. The molecule has 2 heterocycles. The summed E-state index contributed by atoms with van der Waals surface area (Å²) >= 11 is 0. The molecule has 2 saturated heterocycles. The Balaban J connectivity index is 1.91. The van der Waals surface area contributed by atoms with Gasteiger partial charge < -0.3 is 20.9 Å². The largest absolute Gasteiger partial charge is 0.339 e. The van der Waals surface area contributed by atoms with Crippen molar-refractivity contribution in [1.82, 2.24) is 15.1 Å². The van der Waals surface area contributed by atoms with Gasteiger partial charge in [-0.15, -0.1) is 0 Å². The molecule has 2 fully saturated rings. The molecule has 0 spiro atoms. The Morgan fingerprint density at radius 1 is 1.62 bits per heavy atom. The smallest absolute Gasteiger partial charge is 0.317 e. The molecule has 16 heavy (non-hydrogen) atoms. The first kappa shape index (κ1) is 11.2. The van der Waals surface area contributed by atoms with E-state index >= 15 is 0 Å². The molecular formula is C10H18N4O2. The number of fused-ring (bicyclic) bond motifs is 1. The summed E-state index contributed by atoms with van der Waals surface area (Å²) in [5.41, 5.74) is 5.60. The fourth-order valence-corrected chi connectivity index (χ4v) is 2.24. The number of carbonyl (C=O) groups is 2. The number of amides is 3. The highest BCUT2D eigenvalue weighted by atomic mass is 16.2. The fraction of sp³-hybridized carbons (Fsp3) is 0.800. The molecule has 2 aliphatic heterocycles. The van der Waals surface area contributed by atoms with Crippen LogP contribution < -0.4 is 11.1 Å². The quantitative estimate of drug-likeness (QED) is 0.631.